The molecule has 154 valence electrons. The first-order valence-corrected chi connectivity index (χ1v) is 10.5. The molecule has 2 N–H and O–H groups in total. The Bertz CT molecular complexity index is 1090. The van der Waals surface area contributed by atoms with Crippen molar-refractivity contribution in [3.63, 3.8) is 0 Å². The van der Waals surface area contributed by atoms with Crippen LogP contribution in [0.3, 0.4) is 0 Å². The van der Waals surface area contributed by atoms with E-state index in [1.807, 2.05) is 6.92 Å². The molecule has 0 spiro atoms. The molecule has 1 amide bonds. The molecule has 2 heterocycles. The fraction of sp³-hybridized carbons (Fsp3) is 0.261. The minimum Gasteiger partial charge on any atom is -0.362 e. The van der Waals surface area contributed by atoms with E-state index in [2.05, 4.69) is 22.5 Å². The Labute approximate surface area is 185 Å². The topological polar surface area (TPSA) is 71.1 Å². The maximum absolute atomic E-state index is 13.3. The van der Waals surface area contributed by atoms with Crippen LogP contribution in [0.25, 0.3) is 0 Å². The van der Waals surface area contributed by atoms with Gasteiger partial charge in [-0.3, -0.25) is 9.59 Å². The number of pyridine rings is 1. The van der Waals surface area contributed by atoms with Gasteiger partial charge in [-0.2, -0.15) is 0 Å². The fourth-order valence-electron chi connectivity index (χ4n) is 4.20. The molecule has 2 unspecified atom stereocenters. The van der Waals surface area contributed by atoms with E-state index in [1.165, 1.54) is 0 Å². The number of Topliss-reactive ketones (excluding diaryl/α,β-unsaturated/α-hetero) is 1. The number of ketones is 1. The molecule has 7 heteroatoms. The second-order valence-corrected chi connectivity index (χ2v) is 8.60. The number of benzene rings is 1. The zero-order chi connectivity index (χ0) is 21.4. The van der Waals surface area contributed by atoms with Gasteiger partial charge in [0.25, 0.3) is 5.91 Å². The van der Waals surface area contributed by atoms with Crippen molar-refractivity contribution < 1.29 is 9.59 Å². The summed E-state index contributed by atoms with van der Waals surface area (Å²) in [5, 5.41) is 7.07. The number of nitrogens with zero attached hydrogens (tertiary/aromatic N) is 1. The van der Waals surface area contributed by atoms with E-state index in [1.54, 1.807) is 42.6 Å². The lowest BCUT2D eigenvalue weighted by Crippen LogP contribution is -2.37. The van der Waals surface area contributed by atoms with Gasteiger partial charge in [-0.1, -0.05) is 42.3 Å². The van der Waals surface area contributed by atoms with Crippen molar-refractivity contribution in [2.45, 2.75) is 32.6 Å². The number of nitrogens with one attached hydrogen (secondary N) is 2. The number of hydrogen-bond acceptors (Lipinski definition) is 4. The lowest BCUT2D eigenvalue weighted by Gasteiger charge is -2.36. The number of carbonyl (C=O) groups is 2. The Hall–Kier alpha value is -2.63. The van der Waals surface area contributed by atoms with Crippen molar-refractivity contribution in [2.75, 3.05) is 5.32 Å². The summed E-state index contributed by atoms with van der Waals surface area (Å²) < 4.78 is 0. The molecule has 0 radical (unpaired) electrons. The molecule has 0 fully saturated rings. The van der Waals surface area contributed by atoms with Gasteiger partial charge in [-0.25, -0.2) is 4.98 Å². The van der Waals surface area contributed by atoms with Gasteiger partial charge in [0.05, 0.1) is 0 Å². The van der Waals surface area contributed by atoms with Crippen LogP contribution in [0.5, 0.6) is 0 Å². The van der Waals surface area contributed by atoms with E-state index in [9.17, 15) is 9.59 Å². The number of amides is 1. The van der Waals surface area contributed by atoms with Crippen molar-refractivity contribution in [1.82, 2.24) is 10.3 Å². The summed E-state index contributed by atoms with van der Waals surface area (Å²) in [4.78, 5) is 30.6. The van der Waals surface area contributed by atoms with E-state index in [-0.39, 0.29) is 17.6 Å². The maximum Gasteiger partial charge on any atom is 0.255 e. The Morgan fingerprint density at radius 3 is 2.70 bits per heavy atom. The molecule has 1 aromatic carbocycles. The van der Waals surface area contributed by atoms with Crippen molar-refractivity contribution in [2.24, 2.45) is 5.92 Å². The van der Waals surface area contributed by atoms with E-state index >= 15 is 0 Å². The number of anilines is 1. The highest BCUT2D eigenvalue weighted by atomic mass is 35.5. The number of aromatic nitrogens is 1. The van der Waals surface area contributed by atoms with E-state index in [4.69, 9.17) is 23.2 Å². The Kier molecular flexibility index (Phi) is 5.67. The molecule has 30 heavy (non-hydrogen) atoms. The van der Waals surface area contributed by atoms with Crippen LogP contribution in [0.4, 0.5) is 5.82 Å². The van der Waals surface area contributed by atoms with Crippen LogP contribution in [0, 0.1) is 5.92 Å². The summed E-state index contributed by atoms with van der Waals surface area (Å²) in [5.74, 6) is -0.195. The molecule has 2 aliphatic rings. The molecule has 0 saturated carbocycles. The highest BCUT2D eigenvalue weighted by Gasteiger charge is 2.40. The zero-order valence-electron chi connectivity index (χ0n) is 16.6. The van der Waals surface area contributed by atoms with Gasteiger partial charge in [0.2, 0.25) is 0 Å². The number of carbonyl (C=O) groups excluding carboxylic acids is 2. The minimum absolute atomic E-state index is 0.0305. The molecular weight excluding hydrogens is 421 g/mol. The largest absolute Gasteiger partial charge is 0.362 e. The smallest absolute Gasteiger partial charge is 0.255 e. The number of allylic oxidation sites excluding steroid dienone is 3. The zero-order valence-corrected chi connectivity index (χ0v) is 18.1. The quantitative estimate of drug-likeness (QED) is 0.682. The summed E-state index contributed by atoms with van der Waals surface area (Å²) in [6.07, 6.45) is 2.79. The average molecular weight is 442 g/mol. The average Bonchev–Trinajstić information content (AvgIpc) is 2.67. The standard InChI is InChI=1S/C23H21Cl2N3O2/c1-12-9-17-22(18(29)10-12)21(15-7-6-14(24)11-16(15)25)20(13(2)27-17)23(30)28-19-5-3-4-8-26-19/h3-8,11-12,21,27H,9-10H2,1-2H3,(H,26,28,30). The van der Waals surface area contributed by atoms with Crippen LogP contribution in [-0.2, 0) is 9.59 Å². The molecule has 0 bridgehead atoms. The number of dihydropyridines is 1. The SMILES string of the molecule is CC1=C(C(=O)Nc2ccccn2)C(c2ccc(Cl)cc2Cl)C2=C(CC(C)CC2=O)N1. The molecule has 4 rings (SSSR count). The third-order valence-electron chi connectivity index (χ3n) is 5.46. The van der Waals surface area contributed by atoms with Gasteiger partial charge in [0.15, 0.2) is 5.78 Å². The van der Waals surface area contributed by atoms with Gasteiger partial charge in [-0.05, 0) is 49.1 Å². The predicted octanol–water partition coefficient (Wildman–Crippen LogP) is 5.24. The number of hydrogen-bond donors (Lipinski definition) is 2. The molecule has 2 aromatic rings. The minimum atomic E-state index is -0.574. The van der Waals surface area contributed by atoms with Gasteiger partial charge in [0, 0.05) is 51.1 Å². The summed E-state index contributed by atoms with van der Waals surface area (Å²) in [7, 11) is 0. The predicted molar refractivity (Wildman–Crippen MR) is 118 cm³/mol. The molecule has 1 aromatic heterocycles. The first-order chi connectivity index (χ1) is 14.3. The third-order valence-corrected chi connectivity index (χ3v) is 6.02. The summed E-state index contributed by atoms with van der Waals surface area (Å²) in [6, 6.07) is 10.4. The number of rotatable bonds is 3. The van der Waals surface area contributed by atoms with Crippen molar-refractivity contribution in [3.05, 3.63) is 80.7 Å². The second kappa shape index (κ2) is 8.25. The van der Waals surface area contributed by atoms with Crippen LogP contribution >= 0.6 is 23.2 Å². The van der Waals surface area contributed by atoms with Gasteiger partial charge in [-0.15, -0.1) is 0 Å². The molecule has 0 saturated heterocycles. The van der Waals surface area contributed by atoms with E-state index in [0.29, 0.717) is 44.7 Å². The third kappa shape index (κ3) is 3.87. The normalized spacial score (nSPS) is 21.3. The van der Waals surface area contributed by atoms with Gasteiger partial charge >= 0.3 is 0 Å². The highest BCUT2D eigenvalue weighted by molar-refractivity contribution is 6.35. The van der Waals surface area contributed by atoms with Crippen molar-refractivity contribution >= 4 is 40.7 Å². The first-order valence-electron chi connectivity index (χ1n) is 9.76. The molecule has 2 atom stereocenters. The fourth-order valence-corrected chi connectivity index (χ4v) is 4.72. The molecule has 5 nitrogen and oxygen atoms in total. The van der Waals surface area contributed by atoms with Crippen molar-refractivity contribution in [3.8, 4) is 0 Å². The first kappa shape index (κ1) is 20.6. The van der Waals surface area contributed by atoms with Crippen LogP contribution in [0.2, 0.25) is 10.0 Å². The molecule has 1 aliphatic carbocycles. The number of halogens is 2. The summed E-state index contributed by atoms with van der Waals surface area (Å²) >= 11 is 12.6. The Morgan fingerprint density at radius 2 is 2.00 bits per heavy atom. The highest BCUT2D eigenvalue weighted by Crippen LogP contribution is 2.45. The van der Waals surface area contributed by atoms with Gasteiger partial charge < -0.3 is 10.6 Å². The summed E-state index contributed by atoms with van der Waals surface area (Å²) in [5.41, 5.74) is 3.30. The van der Waals surface area contributed by atoms with Crippen LogP contribution in [0.15, 0.2) is 65.1 Å². The lowest BCUT2D eigenvalue weighted by atomic mass is 9.73. The van der Waals surface area contributed by atoms with Crippen LogP contribution < -0.4 is 10.6 Å². The van der Waals surface area contributed by atoms with Crippen molar-refractivity contribution in [1.29, 1.82) is 0 Å². The van der Waals surface area contributed by atoms with E-state index in [0.717, 1.165) is 12.1 Å². The van der Waals surface area contributed by atoms with E-state index < -0.39 is 5.92 Å². The van der Waals surface area contributed by atoms with Crippen LogP contribution in [-0.4, -0.2) is 16.7 Å². The lowest BCUT2D eigenvalue weighted by molar-refractivity contribution is -0.117. The van der Waals surface area contributed by atoms with Gasteiger partial charge in [0.1, 0.15) is 5.82 Å². The monoisotopic (exact) mass is 441 g/mol. The molecular formula is C23H21Cl2N3O2. The van der Waals surface area contributed by atoms with Crippen LogP contribution in [0.1, 0.15) is 38.2 Å². The second-order valence-electron chi connectivity index (χ2n) is 7.76. The Balaban J connectivity index is 1.84. The summed E-state index contributed by atoms with van der Waals surface area (Å²) in [6.45, 7) is 3.90. The maximum atomic E-state index is 13.3. The molecule has 1 aliphatic heterocycles. The Morgan fingerprint density at radius 1 is 1.20 bits per heavy atom.